The molecule has 1 aromatic carbocycles. The van der Waals surface area contributed by atoms with Crippen molar-refractivity contribution in [3.63, 3.8) is 0 Å². The Balaban J connectivity index is 1.96. The van der Waals surface area contributed by atoms with Crippen LogP contribution in [-0.2, 0) is 4.79 Å². The van der Waals surface area contributed by atoms with Crippen LogP contribution in [0, 0.1) is 17.2 Å². The first-order chi connectivity index (χ1) is 11.1. The Hall–Kier alpha value is -1.86. The van der Waals surface area contributed by atoms with Crippen LogP contribution in [0.3, 0.4) is 0 Å². The Kier molecular flexibility index (Phi) is 6.18. The molecule has 23 heavy (non-hydrogen) atoms. The van der Waals surface area contributed by atoms with Gasteiger partial charge < -0.3 is 4.90 Å². The molecular weight excluding hydrogens is 286 g/mol. The number of benzene rings is 1. The van der Waals surface area contributed by atoms with Crippen molar-refractivity contribution in [2.75, 3.05) is 26.2 Å². The number of hydrogen-bond donors (Lipinski definition) is 0. The fourth-order valence-corrected chi connectivity index (χ4v) is 3.41. The van der Waals surface area contributed by atoms with Gasteiger partial charge in [-0.1, -0.05) is 12.1 Å². The summed E-state index contributed by atoms with van der Waals surface area (Å²) in [6.45, 7) is 9.75. The van der Waals surface area contributed by atoms with Crippen molar-refractivity contribution in [1.29, 1.82) is 5.26 Å². The summed E-state index contributed by atoms with van der Waals surface area (Å²) in [6, 6.07) is 10.3. The van der Waals surface area contributed by atoms with E-state index in [9.17, 15) is 4.79 Å². The maximum Gasteiger partial charge on any atom is 0.225 e. The second-order valence-corrected chi connectivity index (χ2v) is 6.23. The minimum atomic E-state index is 0.170. The number of hydrogen-bond acceptors (Lipinski definition) is 3. The summed E-state index contributed by atoms with van der Waals surface area (Å²) in [5, 5.41) is 9.04. The van der Waals surface area contributed by atoms with Gasteiger partial charge in [0.25, 0.3) is 0 Å². The number of likely N-dealkylation sites (tertiary alicyclic amines) is 1. The minimum Gasteiger partial charge on any atom is -0.343 e. The van der Waals surface area contributed by atoms with Crippen LogP contribution in [0.2, 0.25) is 0 Å². The molecule has 1 fully saturated rings. The van der Waals surface area contributed by atoms with E-state index in [4.69, 9.17) is 5.26 Å². The van der Waals surface area contributed by atoms with Crippen molar-refractivity contribution >= 4 is 5.91 Å². The predicted molar refractivity (Wildman–Crippen MR) is 91.8 cm³/mol. The standard InChI is InChI=1S/C19H27N3O/c1-4-21(5-2)19(23)17-9-11-22(12-10-17)15(3)18-8-6-7-16(13-18)14-20/h6-8,13,15,17H,4-5,9-12H2,1-3H3/t15-/m1/s1. The van der Waals surface area contributed by atoms with E-state index in [0.717, 1.165) is 39.0 Å². The van der Waals surface area contributed by atoms with E-state index in [1.54, 1.807) is 0 Å². The second kappa shape index (κ2) is 8.12. The van der Waals surface area contributed by atoms with Gasteiger partial charge in [-0.3, -0.25) is 9.69 Å². The van der Waals surface area contributed by atoms with Crippen LogP contribution < -0.4 is 0 Å². The summed E-state index contributed by atoms with van der Waals surface area (Å²) >= 11 is 0. The van der Waals surface area contributed by atoms with E-state index in [-0.39, 0.29) is 12.0 Å². The lowest BCUT2D eigenvalue weighted by molar-refractivity contribution is -0.136. The fourth-order valence-electron chi connectivity index (χ4n) is 3.41. The molecule has 0 aromatic heterocycles. The van der Waals surface area contributed by atoms with Gasteiger partial charge in [0, 0.05) is 25.0 Å². The second-order valence-electron chi connectivity index (χ2n) is 6.23. The maximum absolute atomic E-state index is 12.5. The lowest BCUT2D eigenvalue weighted by Gasteiger charge is -2.37. The van der Waals surface area contributed by atoms with E-state index in [0.29, 0.717) is 11.5 Å². The summed E-state index contributed by atoms with van der Waals surface area (Å²) in [5.74, 6) is 0.484. The summed E-state index contributed by atoms with van der Waals surface area (Å²) in [5.41, 5.74) is 1.89. The first-order valence-electron chi connectivity index (χ1n) is 8.63. The molecule has 0 saturated carbocycles. The van der Waals surface area contributed by atoms with Crippen LogP contribution in [0.15, 0.2) is 24.3 Å². The van der Waals surface area contributed by atoms with E-state index >= 15 is 0 Å². The van der Waals surface area contributed by atoms with Crippen molar-refractivity contribution in [2.45, 2.75) is 39.7 Å². The molecule has 1 heterocycles. The average molecular weight is 313 g/mol. The van der Waals surface area contributed by atoms with E-state index in [1.807, 2.05) is 36.9 Å². The molecule has 0 spiro atoms. The first-order valence-corrected chi connectivity index (χ1v) is 8.63. The highest BCUT2D eigenvalue weighted by Gasteiger charge is 2.29. The largest absolute Gasteiger partial charge is 0.343 e. The highest BCUT2D eigenvalue weighted by Crippen LogP contribution is 2.27. The molecule has 1 aliphatic heterocycles. The zero-order chi connectivity index (χ0) is 16.8. The summed E-state index contributed by atoms with van der Waals surface area (Å²) in [7, 11) is 0. The van der Waals surface area contributed by atoms with Crippen LogP contribution in [0.5, 0.6) is 0 Å². The molecule has 0 unspecified atom stereocenters. The van der Waals surface area contributed by atoms with Gasteiger partial charge in [0.1, 0.15) is 0 Å². The Labute approximate surface area is 139 Å². The molecule has 4 heteroatoms. The molecule has 2 rings (SSSR count). The van der Waals surface area contributed by atoms with Crippen molar-refractivity contribution in [3.8, 4) is 6.07 Å². The summed E-state index contributed by atoms with van der Waals surface area (Å²) < 4.78 is 0. The first kappa shape index (κ1) is 17.5. The van der Waals surface area contributed by atoms with E-state index < -0.39 is 0 Å². The van der Waals surface area contributed by atoms with Crippen LogP contribution in [0.4, 0.5) is 0 Å². The van der Waals surface area contributed by atoms with Gasteiger partial charge in [-0.05, 0) is 64.4 Å². The number of nitriles is 1. The summed E-state index contributed by atoms with van der Waals surface area (Å²) in [4.78, 5) is 16.8. The molecule has 0 bridgehead atoms. The van der Waals surface area contributed by atoms with Crippen molar-refractivity contribution in [3.05, 3.63) is 35.4 Å². The van der Waals surface area contributed by atoms with Crippen molar-refractivity contribution in [1.82, 2.24) is 9.80 Å². The fraction of sp³-hybridized carbons (Fsp3) is 0.579. The lowest BCUT2D eigenvalue weighted by Crippen LogP contribution is -2.43. The summed E-state index contributed by atoms with van der Waals surface area (Å²) in [6.07, 6.45) is 1.86. The minimum absolute atomic E-state index is 0.170. The molecule has 0 radical (unpaired) electrons. The van der Waals surface area contributed by atoms with E-state index in [2.05, 4.69) is 24.0 Å². The van der Waals surface area contributed by atoms with Gasteiger partial charge in [0.15, 0.2) is 0 Å². The van der Waals surface area contributed by atoms with Crippen LogP contribution in [0.25, 0.3) is 0 Å². The number of nitrogens with zero attached hydrogens (tertiary/aromatic N) is 3. The molecule has 1 amide bonds. The number of rotatable bonds is 5. The smallest absolute Gasteiger partial charge is 0.225 e. The number of carbonyl (C=O) groups is 1. The third-order valence-electron chi connectivity index (χ3n) is 5.00. The van der Waals surface area contributed by atoms with Gasteiger partial charge in [0.2, 0.25) is 5.91 Å². The normalized spacial score (nSPS) is 17.5. The van der Waals surface area contributed by atoms with Gasteiger partial charge >= 0.3 is 0 Å². The molecule has 1 aliphatic rings. The van der Waals surface area contributed by atoms with Crippen molar-refractivity contribution in [2.24, 2.45) is 5.92 Å². The monoisotopic (exact) mass is 313 g/mol. The highest BCUT2D eigenvalue weighted by molar-refractivity contribution is 5.78. The zero-order valence-corrected chi connectivity index (χ0v) is 14.5. The molecule has 4 nitrogen and oxygen atoms in total. The zero-order valence-electron chi connectivity index (χ0n) is 14.5. The quantitative estimate of drug-likeness (QED) is 0.838. The molecule has 124 valence electrons. The molecule has 0 N–H and O–H groups in total. The Morgan fingerprint density at radius 3 is 2.57 bits per heavy atom. The van der Waals surface area contributed by atoms with Crippen LogP contribution in [0.1, 0.15) is 50.8 Å². The molecule has 0 aliphatic carbocycles. The molecule has 1 saturated heterocycles. The predicted octanol–water partition coefficient (Wildman–Crippen LogP) is 3.20. The lowest BCUT2D eigenvalue weighted by atomic mass is 9.93. The van der Waals surface area contributed by atoms with E-state index in [1.165, 1.54) is 5.56 Å². The highest BCUT2D eigenvalue weighted by atomic mass is 16.2. The molecule has 1 atom stereocenters. The SMILES string of the molecule is CCN(CC)C(=O)C1CCN([C@H](C)c2cccc(C#N)c2)CC1. The Bertz CT molecular complexity index is 566. The van der Waals surface area contributed by atoms with Gasteiger partial charge in [-0.2, -0.15) is 5.26 Å². The number of carbonyl (C=O) groups excluding carboxylic acids is 1. The van der Waals surface area contributed by atoms with Crippen LogP contribution >= 0.6 is 0 Å². The van der Waals surface area contributed by atoms with Crippen LogP contribution in [-0.4, -0.2) is 41.9 Å². The average Bonchev–Trinajstić information content (AvgIpc) is 2.62. The van der Waals surface area contributed by atoms with Crippen molar-refractivity contribution < 1.29 is 4.79 Å². The maximum atomic E-state index is 12.5. The molecule has 1 aromatic rings. The number of piperidine rings is 1. The Morgan fingerprint density at radius 2 is 2.00 bits per heavy atom. The third-order valence-corrected chi connectivity index (χ3v) is 5.00. The van der Waals surface area contributed by atoms with Gasteiger partial charge in [-0.25, -0.2) is 0 Å². The topological polar surface area (TPSA) is 47.3 Å². The number of amides is 1. The Morgan fingerprint density at radius 1 is 1.35 bits per heavy atom. The van der Waals surface area contributed by atoms with Gasteiger partial charge in [-0.15, -0.1) is 0 Å². The molecular formula is C19H27N3O. The van der Waals surface area contributed by atoms with Gasteiger partial charge in [0.05, 0.1) is 11.6 Å². The third kappa shape index (κ3) is 4.11.